The van der Waals surface area contributed by atoms with Crippen LogP contribution in [0.5, 0.6) is 0 Å². The Kier molecular flexibility index (Phi) is 10.5. The Balaban J connectivity index is 0.000000194. The summed E-state index contributed by atoms with van der Waals surface area (Å²) in [6.45, 7) is 42.3. The van der Waals surface area contributed by atoms with Crippen LogP contribution in [0.4, 0.5) is 0 Å². The largest absolute Gasteiger partial charge is 0.114 e. The van der Waals surface area contributed by atoms with Crippen LogP contribution in [0, 0.1) is 74.1 Å². The lowest BCUT2D eigenvalue weighted by atomic mass is 9.64. The van der Waals surface area contributed by atoms with Gasteiger partial charge in [-0.3, -0.25) is 0 Å². The summed E-state index contributed by atoms with van der Waals surface area (Å²) < 4.78 is 0.147. The zero-order chi connectivity index (χ0) is 37.4. The molecule has 6 rings (SSSR count). The van der Waals surface area contributed by atoms with E-state index >= 15 is 0 Å². The molecule has 0 bridgehead atoms. The maximum absolute atomic E-state index is 2.47. The lowest BCUT2D eigenvalue weighted by Gasteiger charge is -2.39. The first-order valence-corrected chi connectivity index (χ1v) is 20.5. The molecular formula is C48H64S2. The number of aryl methyl sites for hydroxylation is 3. The van der Waals surface area contributed by atoms with Gasteiger partial charge in [0.15, 0.2) is 0 Å². The molecule has 4 aromatic rings. The SMILES string of the molecule is Cc1cc2c(c(C)c1C)SC(C)(C)c1cccc(C)c1C2(C)C(C)C.Cc1cccc2c1C(C(C)C)c1c(C)c(C)c(C)c(C)c1SC2(C)C. The average molecular weight is 705 g/mol. The van der Waals surface area contributed by atoms with Gasteiger partial charge in [0.25, 0.3) is 0 Å². The molecule has 2 aliphatic rings. The number of hydrogen-bond donors (Lipinski definition) is 0. The summed E-state index contributed by atoms with van der Waals surface area (Å²) >= 11 is 4.13. The van der Waals surface area contributed by atoms with Crippen molar-refractivity contribution < 1.29 is 0 Å². The molecule has 2 atom stereocenters. The van der Waals surface area contributed by atoms with Gasteiger partial charge in [-0.05, 0) is 185 Å². The highest BCUT2D eigenvalue weighted by Crippen LogP contribution is 2.58. The van der Waals surface area contributed by atoms with Crippen molar-refractivity contribution in [2.24, 2.45) is 11.8 Å². The third-order valence-corrected chi connectivity index (χ3v) is 15.8. The van der Waals surface area contributed by atoms with E-state index in [1.165, 1.54) is 76.6 Å². The van der Waals surface area contributed by atoms with Crippen LogP contribution < -0.4 is 0 Å². The summed E-state index contributed by atoms with van der Waals surface area (Å²) in [6.07, 6.45) is 0. The first kappa shape index (κ1) is 38.8. The van der Waals surface area contributed by atoms with Crippen molar-refractivity contribution >= 4 is 23.5 Å². The van der Waals surface area contributed by atoms with Gasteiger partial charge in [-0.1, -0.05) is 77.1 Å². The zero-order valence-corrected chi connectivity index (χ0v) is 36.2. The van der Waals surface area contributed by atoms with E-state index in [1.807, 2.05) is 0 Å². The number of hydrogen-bond acceptors (Lipinski definition) is 2. The van der Waals surface area contributed by atoms with Crippen LogP contribution in [-0.2, 0) is 14.9 Å². The van der Waals surface area contributed by atoms with E-state index in [-0.39, 0.29) is 14.9 Å². The van der Waals surface area contributed by atoms with Gasteiger partial charge in [0, 0.05) is 30.6 Å². The normalized spacial score (nSPS) is 20.2. The quantitative estimate of drug-likeness (QED) is 0.204. The fraction of sp³-hybridized carbons (Fsp3) is 0.500. The predicted molar refractivity (Wildman–Crippen MR) is 224 cm³/mol. The molecule has 0 aliphatic carbocycles. The van der Waals surface area contributed by atoms with E-state index in [4.69, 9.17) is 0 Å². The molecule has 2 heteroatoms. The minimum Gasteiger partial charge on any atom is -0.114 e. The molecule has 2 unspecified atom stereocenters. The van der Waals surface area contributed by atoms with E-state index in [2.05, 4.69) is 191 Å². The van der Waals surface area contributed by atoms with Gasteiger partial charge in [0.1, 0.15) is 0 Å². The second-order valence-corrected chi connectivity index (χ2v) is 20.7. The van der Waals surface area contributed by atoms with Crippen LogP contribution in [0.15, 0.2) is 52.3 Å². The Morgan fingerprint density at radius 3 is 1.58 bits per heavy atom. The lowest BCUT2D eigenvalue weighted by molar-refractivity contribution is 0.394. The minimum absolute atomic E-state index is 0.0278. The molecule has 2 heterocycles. The third-order valence-electron chi connectivity index (χ3n) is 12.9. The van der Waals surface area contributed by atoms with Gasteiger partial charge in [0.05, 0.1) is 0 Å². The second kappa shape index (κ2) is 13.5. The highest BCUT2D eigenvalue weighted by atomic mass is 32.2. The van der Waals surface area contributed by atoms with Crippen molar-refractivity contribution in [1.29, 1.82) is 0 Å². The zero-order valence-electron chi connectivity index (χ0n) is 34.6. The Labute approximate surface area is 315 Å². The maximum atomic E-state index is 2.47. The lowest BCUT2D eigenvalue weighted by Crippen LogP contribution is -2.33. The van der Waals surface area contributed by atoms with Crippen molar-refractivity contribution in [3.8, 4) is 0 Å². The van der Waals surface area contributed by atoms with Crippen LogP contribution in [0.3, 0.4) is 0 Å². The van der Waals surface area contributed by atoms with Gasteiger partial charge in [-0.25, -0.2) is 0 Å². The van der Waals surface area contributed by atoms with E-state index in [0.29, 0.717) is 17.8 Å². The minimum atomic E-state index is 0.0278. The summed E-state index contributed by atoms with van der Waals surface area (Å²) in [6, 6.07) is 16.2. The summed E-state index contributed by atoms with van der Waals surface area (Å²) in [5, 5.41) is 0. The van der Waals surface area contributed by atoms with Gasteiger partial charge in [-0.2, -0.15) is 0 Å². The molecule has 0 amide bonds. The molecule has 0 fully saturated rings. The molecule has 0 nitrogen and oxygen atoms in total. The maximum Gasteiger partial charge on any atom is 0.0402 e. The molecule has 0 saturated heterocycles. The van der Waals surface area contributed by atoms with Crippen LogP contribution >= 0.6 is 23.5 Å². The number of benzene rings is 4. The van der Waals surface area contributed by atoms with Gasteiger partial charge in [-0.15, -0.1) is 23.5 Å². The van der Waals surface area contributed by atoms with Crippen molar-refractivity contribution in [3.63, 3.8) is 0 Å². The average Bonchev–Trinajstić information content (AvgIpc) is 3.20. The standard InChI is InChI=1S/2C24H32S/c1-14(2)24(9)20-13-16(4)17(5)18(6)22(20)25-23(7,8)19-12-10-11-15(3)21(19)24;1-13(2)20-21-14(3)11-10-12-19(21)24(8,9)25-23-18(7)16(5)15(4)17(6)22(20)23/h10-14H,1-9H3;10-13,20H,1-9H3. The first-order valence-electron chi connectivity index (χ1n) is 18.9. The summed E-state index contributed by atoms with van der Waals surface area (Å²) in [4.78, 5) is 3.03. The van der Waals surface area contributed by atoms with Gasteiger partial charge in [0.2, 0.25) is 0 Å². The molecule has 50 heavy (non-hydrogen) atoms. The highest BCUT2D eigenvalue weighted by Gasteiger charge is 2.44. The molecule has 0 saturated carbocycles. The first-order chi connectivity index (χ1) is 23.1. The Bertz CT molecular complexity index is 1970. The van der Waals surface area contributed by atoms with E-state index in [0.717, 1.165) is 0 Å². The molecule has 2 aliphatic heterocycles. The fourth-order valence-electron chi connectivity index (χ4n) is 9.03. The van der Waals surface area contributed by atoms with E-state index in [1.54, 1.807) is 16.7 Å². The molecule has 0 radical (unpaired) electrons. The molecule has 4 aromatic carbocycles. The van der Waals surface area contributed by atoms with Crippen molar-refractivity contribution in [1.82, 2.24) is 0 Å². The smallest absolute Gasteiger partial charge is 0.0402 e. The molecule has 0 N–H and O–H groups in total. The fourth-order valence-corrected chi connectivity index (χ4v) is 12.0. The summed E-state index contributed by atoms with van der Waals surface area (Å²) in [5.41, 5.74) is 22.4. The molecular weight excluding hydrogens is 641 g/mol. The van der Waals surface area contributed by atoms with Crippen LogP contribution in [0.1, 0.15) is 152 Å². The predicted octanol–water partition coefficient (Wildman–Crippen LogP) is 14.6. The second-order valence-electron chi connectivity index (χ2n) is 17.4. The van der Waals surface area contributed by atoms with Gasteiger partial charge >= 0.3 is 0 Å². The van der Waals surface area contributed by atoms with Crippen LogP contribution in [0.2, 0.25) is 0 Å². The van der Waals surface area contributed by atoms with Crippen molar-refractivity contribution in [2.75, 3.05) is 0 Å². The van der Waals surface area contributed by atoms with Crippen LogP contribution in [-0.4, -0.2) is 0 Å². The van der Waals surface area contributed by atoms with Crippen molar-refractivity contribution in [2.45, 2.75) is 155 Å². The molecule has 0 spiro atoms. The monoisotopic (exact) mass is 704 g/mol. The summed E-state index contributed by atoms with van der Waals surface area (Å²) in [7, 11) is 0. The number of thioether (sulfide) groups is 2. The molecule has 268 valence electrons. The Morgan fingerprint density at radius 2 is 1.00 bits per heavy atom. The topological polar surface area (TPSA) is 0 Å². The van der Waals surface area contributed by atoms with Crippen molar-refractivity contribution in [3.05, 3.63) is 126 Å². The van der Waals surface area contributed by atoms with Gasteiger partial charge < -0.3 is 0 Å². The summed E-state index contributed by atoms with van der Waals surface area (Å²) in [5.74, 6) is 1.58. The highest BCUT2D eigenvalue weighted by molar-refractivity contribution is 8.00. The van der Waals surface area contributed by atoms with E-state index in [9.17, 15) is 0 Å². The Hall–Kier alpha value is -2.42. The number of rotatable bonds is 2. The van der Waals surface area contributed by atoms with E-state index < -0.39 is 0 Å². The third kappa shape index (κ3) is 6.13. The Morgan fingerprint density at radius 1 is 0.500 bits per heavy atom. The van der Waals surface area contributed by atoms with Crippen LogP contribution in [0.25, 0.3) is 0 Å². The molecule has 0 aromatic heterocycles. The number of fused-ring (bicyclic) bond motifs is 4.